The Labute approximate surface area is 135 Å². The zero-order valence-electron chi connectivity index (χ0n) is 13.4. The second-order valence-corrected chi connectivity index (χ2v) is 5.57. The summed E-state index contributed by atoms with van der Waals surface area (Å²) in [4.78, 5) is 20.6. The number of aromatic nitrogens is 3. The Balaban J connectivity index is 1.60. The van der Waals surface area contributed by atoms with Gasteiger partial charge in [0.2, 0.25) is 5.91 Å². The summed E-state index contributed by atoms with van der Waals surface area (Å²) in [5, 5.41) is 4.05. The Morgan fingerprint density at radius 2 is 2.04 bits per heavy atom. The van der Waals surface area contributed by atoms with Gasteiger partial charge in [-0.3, -0.25) is 4.79 Å². The van der Waals surface area contributed by atoms with Gasteiger partial charge in [-0.2, -0.15) is 5.10 Å². The van der Waals surface area contributed by atoms with Gasteiger partial charge in [0.15, 0.2) is 0 Å². The number of carbonyl (C=O) groups is 1. The maximum absolute atomic E-state index is 12.5. The molecule has 1 fully saturated rings. The number of hydrogen-bond donors (Lipinski definition) is 0. The van der Waals surface area contributed by atoms with Crippen LogP contribution < -0.4 is 9.64 Å². The SMILES string of the molecule is COc1cccc(N2CCN(C(=O)[C@H](C)n3cncn3)CC2)c1. The summed E-state index contributed by atoms with van der Waals surface area (Å²) in [5.41, 5.74) is 1.13. The van der Waals surface area contributed by atoms with Crippen LogP contribution >= 0.6 is 0 Å². The summed E-state index contributed by atoms with van der Waals surface area (Å²) in [5.74, 6) is 0.932. The first-order valence-electron chi connectivity index (χ1n) is 7.71. The van der Waals surface area contributed by atoms with Crippen molar-refractivity contribution in [2.45, 2.75) is 13.0 Å². The predicted molar refractivity (Wildman–Crippen MR) is 86.5 cm³/mol. The molecule has 1 aromatic carbocycles. The van der Waals surface area contributed by atoms with Gasteiger partial charge in [-0.15, -0.1) is 0 Å². The second-order valence-electron chi connectivity index (χ2n) is 5.57. The van der Waals surface area contributed by atoms with E-state index in [2.05, 4.69) is 21.0 Å². The van der Waals surface area contributed by atoms with E-state index in [1.54, 1.807) is 18.1 Å². The molecule has 1 amide bonds. The zero-order chi connectivity index (χ0) is 16.2. The minimum Gasteiger partial charge on any atom is -0.497 e. The van der Waals surface area contributed by atoms with E-state index in [9.17, 15) is 4.79 Å². The molecule has 1 saturated heterocycles. The van der Waals surface area contributed by atoms with E-state index in [1.165, 1.54) is 6.33 Å². The van der Waals surface area contributed by atoms with Crippen LogP contribution in [-0.4, -0.2) is 58.9 Å². The normalized spacial score (nSPS) is 16.3. The van der Waals surface area contributed by atoms with Crippen molar-refractivity contribution in [3.05, 3.63) is 36.9 Å². The number of ether oxygens (including phenoxy) is 1. The number of rotatable bonds is 4. The number of piperazine rings is 1. The molecule has 0 bridgehead atoms. The van der Waals surface area contributed by atoms with E-state index in [0.29, 0.717) is 13.1 Å². The first-order valence-corrected chi connectivity index (χ1v) is 7.71. The van der Waals surface area contributed by atoms with Gasteiger partial charge in [0.25, 0.3) is 0 Å². The molecule has 0 aliphatic carbocycles. The summed E-state index contributed by atoms with van der Waals surface area (Å²) >= 11 is 0. The van der Waals surface area contributed by atoms with Crippen LogP contribution in [0.4, 0.5) is 5.69 Å². The molecule has 1 aromatic heterocycles. The average Bonchev–Trinajstić information content (AvgIpc) is 3.15. The molecule has 2 aromatic rings. The number of benzene rings is 1. The highest BCUT2D eigenvalue weighted by molar-refractivity contribution is 5.80. The lowest BCUT2D eigenvalue weighted by molar-refractivity contribution is -0.134. The number of hydrogen-bond acceptors (Lipinski definition) is 5. The highest BCUT2D eigenvalue weighted by Crippen LogP contribution is 2.22. The van der Waals surface area contributed by atoms with Crippen molar-refractivity contribution < 1.29 is 9.53 Å². The largest absolute Gasteiger partial charge is 0.497 e. The van der Waals surface area contributed by atoms with Crippen LogP contribution in [-0.2, 0) is 4.79 Å². The smallest absolute Gasteiger partial charge is 0.247 e. The van der Waals surface area contributed by atoms with Crippen LogP contribution in [0.2, 0.25) is 0 Å². The van der Waals surface area contributed by atoms with Gasteiger partial charge in [-0.05, 0) is 19.1 Å². The third-order valence-corrected chi connectivity index (χ3v) is 4.20. The van der Waals surface area contributed by atoms with Crippen molar-refractivity contribution in [3.63, 3.8) is 0 Å². The van der Waals surface area contributed by atoms with E-state index in [-0.39, 0.29) is 11.9 Å². The lowest BCUT2D eigenvalue weighted by atomic mass is 10.2. The van der Waals surface area contributed by atoms with E-state index in [0.717, 1.165) is 24.5 Å². The fourth-order valence-electron chi connectivity index (χ4n) is 2.79. The van der Waals surface area contributed by atoms with Crippen molar-refractivity contribution >= 4 is 11.6 Å². The van der Waals surface area contributed by atoms with Gasteiger partial charge >= 0.3 is 0 Å². The summed E-state index contributed by atoms with van der Waals surface area (Å²) in [7, 11) is 1.67. The standard InChI is InChI=1S/C16H21N5O2/c1-13(21-12-17-11-18-21)16(22)20-8-6-19(7-9-20)14-4-3-5-15(10-14)23-2/h3-5,10-13H,6-9H2,1-2H3/t13-/m0/s1. The molecule has 0 N–H and O–H groups in total. The highest BCUT2D eigenvalue weighted by Gasteiger charge is 2.26. The number of nitrogens with zero attached hydrogens (tertiary/aromatic N) is 5. The van der Waals surface area contributed by atoms with Crippen LogP contribution in [0, 0.1) is 0 Å². The number of amides is 1. The molecule has 7 heteroatoms. The van der Waals surface area contributed by atoms with Gasteiger partial charge in [0.05, 0.1) is 7.11 Å². The van der Waals surface area contributed by atoms with Crippen molar-refractivity contribution in [3.8, 4) is 5.75 Å². The molecule has 23 heavy (non-hydrogen) atoms. The molecule has 2 heterocycles. The maximum atomic E-state index is 12.5. The van der Waals surface area contributed by atoms with Crippen LogP contribution in [0.25, 0.3) is 0 Å². The van der Waals surface area contributed by atoms with Crippen molar-refractivity contribution in [2.75, 3.05) is 38.2 Å². The Morgan fingerprint density at radius 3 is 2.70 bits per heavy atom. The fraction of sp³-hybridized carbons (Fsp3) is 0.438. The molecule has 0 unspecified atom stereocenters. The van der Waals surface area contributed by atoms with E-state index >= 15 is 0 Å². The second kappa shape index (κ2) is 6.68. The predicted octanol–water partition coefficient (Wildman–Crippen LogP) is 1.20. The quantitative estimate of drug-likeness (QED) is 0.848. The number of anilines is 1. The molecule has 0 radical (unpaired) electrons. The summed E-state index contributed by atoms with van der Waals surface area (Å²) in [6, 6.07) is 7.69. The van der Waals surface area contributed by atoms with Crippen molar-refractivity contribution in [2.24, 2.45) is 0 Å². The molecule has 0 saturated carbocycles. The van der Waals surface area contributed by atoms with Gasteiger partial charge in [-0.1, -0.05) is 6.07 Å². The van der Waals surface area contributed by atoms with Crippen LogP contribution in [0.15, 0.2) is 36.9 Å². The molecule has 1 aliphatic rings. The van der Waals surface area contributed by atoms with Gasteiger partial charge in [-0.25, -0.2) is 9.67 Å². The summed E-state index contributed by atoms with van der Waals surface area (Å²) < 4.78 is 6.87. The lowest BCUT2D eigenvalue weighted by Crippen LogP contribution is -2.50. The van der Waals surface area contributed by atoms with Crippen molar-refractivity contribution in [1.82, 2.24) is 19.7 Å². The van der Waals surface area contributed by atoms with Crippen LogP contribution in [0.5, 0.6) is 5.75 Å². The molecule has 1 atom stereocenters. The summed E-state index contributed by atoms with van der Waals surface area (Å²) in [6.45, 7) is 4.88. The Kier molecular flexibility index (Phi) is 4.45. The van der Waals surface area contributed by atoms with E-state index < -0.39 is 0 Å². The van der Waals surface area contributed by atoms with Gasteiger partial charge in [0.1, 0.15) is 24.4 Å². The lowest BCUT2D eigenvalue weighted by Gasteiger charge is -2.37. The van der Waals surface area contributed by atoms with Crippen LogP contribution in [0.1, 0.15) is 13.0 Å². The van der Waals surface area contributed by atoms with E-state index in [4.69, 9.17) is 4.74 Å². The molecule has 122 valence electrons. The Hall–Kier alpha value is -2.57. The summed E-state index contributed by atoms with van der Waals surface area (Å²) in [6.07, 6.45) is 3.03. The minimum atomic E-state index is -0.319. The Bertz CT molecular complexity index is 650. The number of carbonyl (C=O) groups excluding carboxylic acids is 1. The maximum Gasteiger partial charge on any atom is 0.247 e. The first-order chi connectivity index (χ1) is 11.2. The highest BCUT2D eigenvalue weighted by atomic mass is 16.5. The van der Waals surface area contributed by atoms with Gasteiger partial charge in [0, 0.05) is 37.9 Å². The van der Waals surface area contributed by atoms with Crippen LogP contribution in [0.3, 0.4) is 0 Å². The molecular formula is C16H21N5O2. The third kappa shape index (κ3) is 3.28. The topological polar surface area (TPSA) is 63.5 Å². The molecule has 3 rings (SSSR count). The zero-order valence-corrected chi connectivity index (χ0v) is 13.4. The minimum absolute atomic E-state index is 0.0841. The van der Waals surface area contributed by atoms with E-state index in [1.807, 2.05) is 30.0 Å². The molecule has 1 aliphatic heterocycles. The van der Waals surface area contributed by atoms with Crippen molar-refractivity contribution in [1.29, 1.82) is 0 Å². The number of methoxy groups -OCH3 is 1. The fourth-order valence-corrected chi connectivity index (χ4v) is 2.79. The molecular weight excluding hydrogens is 294 g/mol. The van der Waals surface area contributed by atoms with Gasteiger partial charge < -0.3 is 14.5 Å². The Morgan fingerprint density at radius 1 is 1.26 bits per heavy atom. The third-order valence-electron chi connectivity index (χ3n) is 4.20. The monoisotopic (exact) mass is 315 g/mol. The first kappa shape index (κ1) is 15.3. The molecule has 0 spiro atoms. The average molecular weight is 315 g/mol. The molecule has 7 nitrogen and oxygen atoms in total.